The zero-order chi connectivity index (χ0) is 13.1. The predicted octanol–water partition coefficient (Wildman–Crippen LogP) is 2.80. The van der Waals surface area contributed by atoms with E-state index in [1.165, 1.54) is 30.5 Å². The monoisotopic (exact) mass is 246 g/mol. The molecular weight excluding hydrogens is 236 g/mol. The third-order valence-corrected chi connectivity index (χ3v) is 2.33. The summed E-state index contributed by atoms with van der Waals surface area (Å²) < 4.78 is 5.34. The average molecular weight is 246 g/mol. The van der Waals surface area contributed by atoms with Gasteiger partial charge in [-0.25, -0.2) is 4.98 Å². The van der Waals surface area contributed by atoms with Crippen molar-refractivity contribution in [3.8, 4) is 17.4 Å². The molecular formula is C12H10N2O4. The maximum absolute atomic E-state index is 10.9. The van der Waals surface area contributed by atoms with Gasteiger partial charge in [0.1, 0.15) is 11.5 Å². The highest BCUT2D eigenvalue weighted by molar-refractivity contribution is 5.49. The lowest BCUT2D eigenvalue weighted by atomic mass is 10.2. The van der Waals surface area contributed by atoms with E-state index in [0.717, 1.165) is 0 Å². The van der Waals surface area contributed by atoms with E-state index >= 15 is 0 Å². The van der Waals surface area contributed by atoms with Crippen LogP contribution in [-0.4, -0.2) is 15.0 Å². The minimum Gasteiger partial charge on any atom is -0.508 e. The number of ether oxygens (including phenoxy) is 1. The quantitative estimate of drug-likeness (QED) is 0.664. The van der Waals surface area contributed by atoms with Crippen molar-refractivity contribution in [3.05, 3.63) is 52.2 Å². The molecule has 0 saturated heterocycles. The van der Waals surface area contributed by atoms with E-state index in [-0.39, 0.29) is 17.3 Å². The minimum atomic E-state index is -0.530. The van der Waals surface area contributed by atoms with E-state index in [1.807, 2.05) is 0 Å². The first-order valence-corrected chi connectivity index (χ1v) is 5.15. The van der Waals surface area contributed by atoms with Crippen molar-refractivity contribution in [1.29, 1.82) is 0 Å². The Hall–Kier alpha value is -2.63. The van der Waals surface area contributed by atoms with Crippen LogP contribution in [-0.2, 0) is 0 Å². The number of rotatable bonds is 3. The Morgan fingerprint density at radius 3 is 2.56 bits per heavy atom. The van der Waals surface area contributed by atoms with Crippen molar-refractivity contribution in [2.45, 2.75) is 6.92 Å². The van der Waals surface area contributed by atoms with E-state index in [0.29, 0.717) is 11.3 Å². The van der Waals surface area contributed by atoms with Crippen LogP contribution in [0.25, 0.3) is 0 Å². The van der Waals surface area contributed by atoms with Gasteiger partial charge in [-0.05, 0) is 37.3 Å². The van der Waals surface area contributed by atoms with Crippen LogP contribution in [0.3, 0.4) is 0 Å². The zero-order valence-corrected chi connectivity index (χ0v) is 9.53. The number of nitro groups is 1. The molecule has 1 aromatic heterocycles. The predicted molar refractivity (Wildman–Crippen MR) is 63.8 cm³/mol. The SMILES string of the molecule is Cc1ccnc(Oc2ccc(O)cc2)c1[N+](=O)[O-]. The summed E-state index contributed by atoms with van der Waals surface area (Å²) in [5.41, 5.74) is 0.314. The fourth-order valence-corrected chi connectivity index (χ4v) is 1.45. The molecule has 1 aromatic carbocycles. The molecule has 18 heavy (non-hydrogen) atoms. The molecule has 92 valence electrons. The van der Waals surface area contributed by atoms with E-state index in [9.17, 15) is 10.1 Å². The largest absolute Gasteiger partial charge is 0.508 e. The molecule has 0 bridgehead atoms. The Kier molecular flexibility index (Phi) is 3.09. The van der Waals surface area contributed by atoms with Gasteiger partial charge in [0.2, 0.25) is 0 Å². The van der Waals surface area contributed by atoms with Crippen LogP contribution in [0.1, 0.15) is 5.56 Å². The number of aromatic nitrogens is 1. The summed E-state index contributed by atoms with van der Waals surface area (Å²) in [4.78, 5) is 14.3. The number of pyridine rings is 1. The Morgan fingerprint density at radius 2 is 1.94 bits per heavy atom. The second-order valence-corrected chi connectivity index (χ2v) is 3.63. The van der Waals surface area contributed by atoms with Gasteiger partial charge in [-0.1, -0.05) is 0 Å². The molecule has 0 unspecified atom stereocenters. The topological polar surface area (TPSA) is 85.5 Å². The summed E-state index contributed by atoms with van der Waals surface area (Å²) in [6.45, 7) is 1.61. The van der Waals surface area contributed by atoms with E-state index in [4.69, 9.17) is 9.84 Å². The first-order valence-electron chi connectivity index (χ1n) is 5.15. The molecule has 0 saturated carbocycles. The van der Waals surface area contributed by atoms with Gasteiger partial charge in [0.25, 0.3) is 5.88 Å². The molecule has 6 nitrogen and oxygen atoms in total. The maximum atomic E-state index is 10.9. The number of aromatic hydroxyl groups is 1. The fourth-order valence-electron chi connectivity index (χ4n) is 1.45. The Morgan fingerprint density at radius 1 is 1.28 bits per heavy atom. The van der Waals surface area contributed by atoms with E-state index in [1.54, 1.807) is 13.0 Å². The van der Waals surface area contributed by atoms with Crippen molar-refractivity contribution >= 4 is 5.69 Å². The standard InChI is InChI=1S/C12H10N2O4/c1-8-6-7-13-12(11(8)14(16)17)18-10-4-2-9(15)3-5-10/h2-7,15H,1H3. The maximum Gasteiger partial charge on any atom is 0.334 e. The zero-order valence-electron chi connectivity index (χ0n) is 9.53. The van der Waals surface area contributed by atoms with Gasteiger partial charge in [-0.3, -0.25) is 10.1 Å². The normalized spacial score (nSPS) is 10.1. The summed E-state index contributed by atoms with van der Waals surface area (Å²) in [6, 6.07) is 7.40. The van der Waals surface area contributed by atoms with Crippen molar-refractivity contribution in [1.82, 2.24) is 4.98 Å². The molecule has 2 aromatic rings. The Labute approximate surface area is 103 Å². The number of phenolic OH excluding ortho intramolecular Hbond substituents is 1. The first-order chi connectivity index (χ1) is 8.58. The first kappa shape index (κ1) is 11.8. The highest BCUT2D eigenvalue weighted by Gasteiger charge is 2.20. The lowest BCUT2D eigenvalue weighted by Crippen LogP contribution is -1.98. The Balaban J connectivity index is 2.37. The molecule has 0 radical (unpaired) electrons. The fraction of sp³-hybridized carbons (Fsp3) is 0.0833. The van der Waals surface area contributed by atoms with Gasteiger partial charge >= 0.3 is 5.69 Å². The second kappa shape index (κ2) is 4.70. The summed E-state index contributed by atoms with van der Waals surface area (Å²) in [5.74, 6) is 0.397. The van der Waals surface area contributed by atoms with Crippen LogP contribution in [0.4, 0.5) is 5.69 Å². The van der Waals surface area contributed by atoms with Gasteiger partial charge < -0.3 is 9.84 Å². The van der Waals surface area contributed by atoms with Gasteiger partial charge in [0, 0.05) is 11.8 Å². The van der Waals surface area contributed by atoms with Gasteiger partial charge in [-0.2, -0.15) is 0 Å². The number of aryl methyl sites for hydroxylation is 1. The number of benzene rings is 1. The summed E-state index contributed by atoms with van der Waals surface area (Å²) in [5, 5.41) is 20.1. The van der Waals surface area contributed by atoms with Crippen LogP contribution in [0.15, 0.2) is 36.5 Å². The van der Waals surface area contributed by atoms with Crippen LogP contribution in [0, 0.1) is 17.0 Å². The highest BCUT2D eigenvalue weighted by Crippen LogP contribution is 2.31. The molecule has 0 spiro atoms. The Bertz CT molecular complexity index is 581. The number of nitrogens with zero attached hydrogens (tertiary/aromatic N) is 2. The van der Waals surface area contributed by atoms with Crippen molar-refractivity contribution in [2.75, 3.05) is 0 Å². The summed E-state index contributed by atoms with van der Waals surface area (Å²) in [6.07, 6.45) is 1.44. The molecule has 0 fully saturated rings. The van der Waals surface area contributed by atoms with Crippen LogP contribution < -0.4 is 4.74 Å². The molecule has 1 heterocycles. The number of phenols is 1. The van der Waals surface area contributed by atoms with Crippen LogP contribution in [0.2, 0.25) is 0 Å². The van der Waals surface area contributed by atoms with E-state index < -0.39 is 4.92 Å². The molecule has 0 atom stereocenters. The van der Waals surface area contributed by atoms with Gasteiger partial charge in [0.05, 0.1) is 4.92 Å². The molecule has 0 aliphatic carbocycles. The van der Waals surface area contributed by atoms with Gasteiger partial charge in [0.15, 0.2) is 0 Å². The molecule has 2 rings (SSSR count). The van der Waals surface area contributed by atoms with Crippen LogP contribution >= 0.6 is 0 Å². The lowest BCUT2D eigenvalue weighted by molar-refractivity contribution is -0.386. The van der Waals surface area contributed by atoms with Crippen molar-refractivity contribution in [3.63, 3.8) is 0 Å². The van der Waals surface area contributed by atoms with Crippen molar-refractivity contribution in [2.24, 2.45) is 0 Å². The number of hydrogen-bond acceptors (Lipinski definition) is 5. The summed E-state index contributed by atoms with van der Waals surface area (Å²) in [7, 11) is 0. The molecule has 0 aliphatic heterocycles. The second-order valence-electron chi connectivity index (χ2n) is 3.63. The van der Waals surface area contributed by atoms with Gasteiger partial charge in [-0.15, -0.1) is 0 Å². The molecule has 0 amide bonds. The van der Waals surface area contributed by atoms with E-state index in [2.05, 4.69) is 4.98 Å². The molecule has 6 heteroatoms. The summed E-state index contributed by atoms with van der Waals surface area (Å²) >= 11 is 0. The number of hydrogen-bond donors (Lipinski definition) is 1. The third-order valence-electron chi connectivity index (χ3n) is 2.33. The van der Waals surface area contributed by atoms with Crippen LogP contribution in [0.5, 0.6) is 17.4 Å². The lowest BCUT2D eigenvalue weighted by Gasteiger charge is -2.06. The minimum absolute atomic E-state index is 0.0642. The smallest absolute Gasteiger partial charge is 0.334 e. The average Bonchev–Trinajstić information content (AvgIpc) is 2.32. The third kappa shape index (κ3) is 2.37. The molecule has 0 aliphatic rings. The van der Waals surface area contributed by atoms with Crippen molar-refractivity contribution < 1.29 is 14.8 Å². The molecule has 1 N–H and O–H groups in total. The highest BCUT2D eigenvalue weighted by atomic mass is 16.6.